The molecule has 5 rings (SSSR count). The van der Waals surface area contributed by atoms with Gasteiger partial charge in [0.15, 0.2) is 5.82 Å². The Morgan fingerprint density at radius 2 is 1.93 bits per heavy atom. The average molecular weight is 600 g/mol. The summed E-state index contributed by atoms with van der Waals surface area (Å²) in [6, 6.07) is 4.29. The predicted molar refractivity (Wildman–Crippen MR) is 133 cm³/mol. The summed E-state index contributed by atoms with van der Waals surface area (Å²) in [7, 11) is 0. The maximum absolute atomic E-state index is 13.6. The Kier molecular flexibility index (Phi) is 6.59. The first kappa shape index (κ1) is 28.1. The highest BCUT2D eigenvalue weighted by Crippen LogP contribution is 2.45. The Morgan fingerprint density at radius 3 is 2.61 bits per heavy atom. The van der Waals surface area contributed by atoms with Crippen LogP contribution in [0.3, 0.4) is 0 Å². The second-order valence-corrected chi connectivity index (χ2v) is 9.87. The molecule has 0 spiro atoms. The van der Waals surface area contributed by atoms with Crippen molar-refractivity contribution in [2.75, 3.05) is 11.1 Å². The van der Waals surface area contributed by atoms with E-state index in [2.05, 4.69) is 30.7 Å². The summed E-state index contributed by atoms with van der Waals surface area (Å²) in [6.07, 6.45) is -6.13. The van der Waals surface area contributed by atoms with Crippen LogP contribution in [0, 0.1) is 0 Å². The van der Waals surface area contributed by atoms with Gasteiger partial charge in [-0.05, 0) is 25.1 Å². The lowest BCUT2D eigenvalue weighted by molar-refractivity contribution is -0.285. The molecule has 3 aromatic heterocycles. The van der Waals surface area contributed by atoms with E-state index in [0.717, 1.165) is 4.68 Å². The summed E-state index contributed by atoms with van der Waals surface area (Å²) >= 11 is 6.04. The van der Waals surface area contributed by atoms with E-state index < -0.39 is 42.4 Å². The number of nitrogen functional groups attached to an aromatic ring is 1. The monoisotopic (exact) mass is 599 g/mol. The third-order valence-corrected chi connectivity index (χ3v) is 6.94. The number of rotatable bonds is 8. The number of anilines is 2. The number of carbonyl (C=O) groups excluding carboxylic acids is 1. The number of carboxylic acid groups (broad SMARTS) is 1. The van der Waals surface area contributed by atoms with Gasteiger partial charge in [0.2, 0.25) is 5.91 Å². The fourth-order valence-corrected chi connectivity index (χ4v) is 4.64. The van der Waals surface area contributed by atoms with Crippen molar-refractivity contribution in [1.29, 1.82) is 0 Å². The summed E-state index contributed by atoms with van der Waals surface area (Å²) in [5, 5.41) is 24.0. The molecule has 18 heteroatoms. The fraction of sp³-hybridized carbons (Fsp3) is 0.348. The second kappa shape index (κ2) is 9.60. The van der Waals surface area contributed by atoms with Crippen molar-refractivity contribution in [3.63, 3.8) is 0 Å². The summed E-state index contributed by atoms with van der Waals surface area (Å²) in [5.41, 5.74) is 5.24. The molecule has 1 aliphatic heterocycles. The van der Waals surface area contributed by atoms with Gasteiger partial charge in [0, 0.05) is 29.6 Å². The minimum Gasteiger partial charge on any atom is -0.481 e. The van der Waals surface area contributed by atoms with Crippen molar-refractivity contribution in [2.24, 2.45) is 0 Å². The molecule has 4 aromatic rings. The van der Waals surface area contributed by atoms with Crippen LogP contribution in [0.5, 0.6) is 0 Å². The number of hydrogen-bond acceptors (Lipinski definition) is 8. The number of alkyl halides is 5. The molecule has 4 heterocycles. The normalized spacial score (nSPS) is 17.2. The largest absolute Gasteiger partial charge is 0.481 e. The van der Waals surface area contributed by atoms with Gasteiger partial charge in [-0.3, -0.25) is 19.0 Å². The van der Waals surface area contributed by atoms with Gasteiger partial charge in [-0.1, -0.05) is 16.8 Å². The van der Waals surface area contributed by atoms with Crippen LogP contribution >= 0.6 is 11.6 Å². The van der Waals surface area contributed by atoms with E-state index in [1.807, 2.05) is 0 Å². The van der Waals surface area contributed by atoms with Crippen molar-refractivity contribution in [3.8, 4) is 11.5 Å². The number of carboxylic acids is 1. The zero-order valence-corrected chi connectivity index (χ0v) is 21.6. The van der Waals surface area contributed by atoms with Crippen molar-refractivity contribution in [1.82, 2.24) is 34.7 Å². The minimum atomic E-state index is -5.74. The highest BCUT2D eigenvalue weighted by Gasteiger charge is 2.57. The van der Waals surface area contributed by atoms with Gasteiger partial charge in [0.25, 0.3) is 0 Å². The first-order chi connectivity index (χ1) is 19.1. The Bertz CT molecular complexity index is 1700. The van der Waals surface area contributed by atoms with Crippen LogP contribution in [0.4, 0.5) is 33.6 Å². The number of aromatic nitrogens is 7. The standard InChI is InChI=1S/C23H19ClF5N9O3/c1-21(13-9-37(36-34-13)6-4-14(39)40)15-17(30)31-19(32-18(15)33-20(21)41)16-11-3-2-10(24)8-12(11)38(35-16)7-5-22(25,26)23(27,28)29/h2-3,8-9H,4-7H2,1H3,(H,39,40)(H3,30,31,32,33,41)/t21-/m0/s1. The number of fused-ring (bicyclic) bond motifs is 2. The van der Waals surface area contributed by atoms with E-state index in [0.29, 0.717) is 0 Å². The molecule has 1 amide bonds. The lowest BCUT2D eigenvalue weighted by Crippen LogP contribution is -2.37. The summed E-state index contributed by atoms with van der Waals surface area (Å²) in [5.74, 6) is -6.87. The number of hydrogen-bond donors (Lipinski definition) is 3. The van der Waals surface area contributed by atoms with E-state index >= 15 is 0 Å². The Labute approximate surface area is 231 Å². The molecule has 0 saturated heterocycles. The molecule has 1 aliphatic rings. The summed E-state index contributed by atoms with van der Waals surface area (Å²) in [4.78, 5) is 32.7. The predicted octanol–water partition coefficient (Wildman–Crippen LogP) is 3.64. The second-order valence-electron chi connectivity index (χ2n) is 9.43. The Morgan fingerprint density at radius 1 is 1.20 bits per heavy atom. The number of halogens is 6. The number of benzene rings is 1. The van der Waals surface area contributed by atoms with Gasteiger partial charge in [-0.15, -0.1) is 5.10 Å². The first-order valence-corrected chi connectivity index (χ1v) is 12.2. The van der Waals surface area contributed by atoms with Crippen LogP contribution < -0.4 is 11.1 Å². The van der Waals surface area contributed by atoms with E-state index in [-0.39, 0.29) is 63.3 Å². The number of nitrogens with zero attached hydrogens (tertiary/aromatic N) is 7. The average Bonchev–Trinajstić information content (AvgIpc) is 3.56. The molecule has 41 heavy (non-hydrogen) atoms. The van der Waals surface area contributed by atoms with Crippen LogP contribution in [0.15, 0.2) is 24.4 Å². The molecule has 0 aliphatic carbocycles. The third kappa shape index (κ3) is 4.79. The zero-order chi connectivity index (χ0) is 29.9. The topological polar surface area (TPSA) is 167 Å². The van der Waals surface area contributed by atoms with Gasteiger partial charge in [-0.2, -0.15) is 27.1 Å². The van der Waals surface area contributed by atoms with Crippen molar-refractivity contribution in [3.05, 3.63) is 40.7 Å². The van der Waals surface area contributed by atoms with Gasteiger partial charge >= 0.3 is 18.1 Å². The van der Waals surface area contributed by atoms with Gasteiger partial charge < -0.3 is 16.2 Å². The highest BCUT2D eigenvalue weighted by atomic mass is 35.5. The molecule has 1 atom stereocenters. The molecule has 0 fully saturated rings. The number of aliphatic carboxylic acids is 1. The van der Waals surface area contributed by atoms with Gasteiger partial charge in [0.05, 0.1) is 24.0 Å². The molecule has 12 nitrogen and oxygen atoms in total. The van der Waals surface area contributed by atoms with Crippen molar-refractivity contribution >= 4 is 46.0 Å². The number of aryl methyl sites for hydroxylation is 2. The third-order valence-electron chi connectivity index (χ3n) is 6.71. The molecule has 0 unspecified atom stereocenters. The first-order valence-electron chi connectivity index (χ1n) is 11.8. The number of carbonyl (C=O) groups is 2. The Balaban J connectivity index is 1.55. The maximum Gasteiger partial charge on any atom is 0.453 e. The van der Waals surface area contributed by atoms with E-state index in [1.54, 1.807) is 0 Å². The van der Waals surface area contributed by atoms with Crippen LogP contribution in [-0.4, -0.2) is 63.8 Å². The highest BCUT2D eigenvalue weighted by molar-refractivity contribution is 6.31. The lowest BCUT2D eigenvalue weighted by Gasteiger charge is -2.19. The minimum absolute atomic E-state index is 0.000328. The molecule has 0 radical (unpaired) electrons. The molecular formula is C23H19ClF5N9O3. The Hall–Kier alpha value is -4.41. The van der Waals surface area contributed by atoms with E-state index in [4.69, 9.17) is 22.4 Å². The summed E-state index contributed by atoms with van der Waals surface area (Å²) < 4.78 is 67.7. The van der Waals surface area contributed by atoms with Crippen molar-refractivity contribution < 1.29 is 36.6 Å². The van der Waals surface area contributed by atoms with Crippen LogP contribution in [-0.2, 0) is 28.1 Å². The van der Waals surface area contributed by atoms with Crippen molar-refractivity contribution in [2.45, 2.75) is 50.4 Å². The number of amides is 1. The van der Waals surface area contributed by atoms with E-state index in [9.17, 15) is 31.5 Å². The summed E-state index contributed by atoms with van der Waals surface area (Å²) in [6.45, 7) is 0.703. The molecule has 4 N–H and O–H groups in total. The van der Waals surface area contributed by atoms with Crippen LogP contribution in [0.1, 0.15) is 31.0 Å². The van der Waals surface area contributed by atoms with E-state index in [1.165, 1.54) is 36.0 Å². The zero-order valence-electron chi connectivity index (χ0n) is 20.9. The smallest absolute Gasteiger partial charge is 0.453 e. The lowest BCUT2D eigenvalue weighted by atomic mass is 9.81. The molecule has 0 bridgehead atoms. The van der Waals surface area contributed by atoms with Crippen LogP contribution in [0.25, 0.3) is 22.4 Å². The quantitative estimate of drug-likeness (QED) is 0.256. The SMILES string of the molecule is C[C@@]1(c2cn(CCC(=O)O)nn2)C(=O)Nc2nc(-c3nn(CCC(F)(F)C(F)(F)F)c4cc(Cl)ccc34)nc(N)c21. The van der Waals surface area contributed by atoms with Gasteiger partial charge in [0.1, 0.15) is 28.4 Å². The molecule has 216 valence electrons. The molecule has 1 aromatic carbocycles. The number of nitrogens with one attached hydrogen (secondary N) is 1. The maximum atomic E-state index is 13.6. The number of nitrogens with two attached hydrogens (primary N) is 1. The molecular weight excluding hydrogens is 581 g/mol. The fourth-order valence-electron chi connectivity index (χ4n) is 4.48. The van der Waals surface area contributed by atoms with Gasteiger partial charge in [-0.25, -0.2) is 9.97 Å². The molecule has 0 saturated carbocycles. The van der Waals surface area contributed by atoms with Crippen LogP contribution in [0.2, 0.25) is 5.02 Å².